The summed E-state index contributed by atoms with van der Waals surface area (Å²) in [7, 11) is 0. The fraction of sp³-hybridized carbons (Fsp3) is 0.600. The van der Waals surface area contributed by atoms with Crippen molar-refractivity contribution in [2.75, 3.05) is 5.75 Å². The lowest BCUT2D eigenvalue weighted by Crippen LogP contribution is -2.02. The van der Waals surface area contributed by atoms with E-state index < -0.39 is 0 Å². The molecule has 0 radical (unpaired) electrons. The number of hydrogen-bond donors (Lipinski definition) is 0. The molecular formula is C10H13N3S. The maximum atomic E-state index is 5.22. The number of thioether (sulfide) groups is 1. The Labute approximate surface area is 88.3 Å². The Morgan fingerprint density at radius 2 is 2.29 bits per heavy atom. The first-order valence-corrected chi connectivity index (χ1v) is 5.88. The largest absolute Gasteiger partial charge is 0.306 e. The quantitative estimate of drug-likeness (QED) is 0.546. The summed E-state index contributed by atoms with van der Waals surface area (Å²) in [5.41, 5.74) is 0. The first-order valence-electron chi connectivity index (χ1n) is 4.90. The highest BCUT2D eigenvalue weighted by Gasteiger charge is 2.14. The van der Waals surface area contributed by atoms with Crippen molar-refractivity contribution >= 4 is 11.8 Å². The number of fused-ring (bicyclic) bond motifs is 1. The van der Waals surface area contributed by atoms with Gasteiger partial charge in [-0.2, -0.15) is 0 Å². The lowest BCUT2D eigenvalue weighted by molar-refractivity contribution is 0.591. The molecule has 0 fully saturated rings. The van der Waals surface area contributed by atoms with Crippen molar-refractivity contribution in [1.29, 1.82) is 0 Å². The molecule has 0 aliphatic carbocycles. The first kappa shape index (κ1) is 9.60. The Morgan fingerprint density at radius 3 is 3.14 bits per heavy atom. The van der Waals surface area contributed by atoms with Crippen LogP contribution in [-0.4, -0.2) is 20.5 Å². The summed E-state index contributed by atoms with van der Waals surface area (Å²) in [5, 5.41) is 9.34. The monoisotopic (exact) mass is 207 g/mol. The standard InChI is InChI=1S/C10H13N3S/c1-2-8-14-10-12-11-9-6-4-3-5-7-13(9)10/h1H,3-8H2. The Morgan fingerprint density at radius 1 is 1.36 bits per heavy atom. The molecule has 0 atom stereocenters. The Balaban J connectivity index is 2.17. The van der Waals surface area contributed by atoms with E-state index in [4.69, 9.17) is 6.42 Å². The van der Waals surface area contributed by atoms with Crippen LogP contribution in [0.3, 0.4) is 0 Å². The molecule has 74 valence electrons. The Bertz CT molecular complexity index is 351. The van der Waals surface area contributed by atoms with Crippen molar-refractivity contribution in [3.05, 3.63) is 5.82 Å². The van der Waals surface area contributed by atoms with Crippen LogP contribution in [0.2, 0.25) is 0 Å². The van der Waals surface area contributed by atoms with Gasteiger partial charge in [-0.25, -0.2) is 0 Å². The molecular weight excluding hydrogens is 194 g/mol. The molecule has 14 heavy (non-hydrogen) atoms. The predicted molar refractivity (Wildman–Crippen MR) is 57.1 cm³/mol. The zero-order chi connectivity index (χ0) is 9.80. The second-order valence-electron chi connectivity index (χ2n) is 3.35. The van der Waals surface area contributed by atoms with Gasteiger partial charge in [0.05, 0.1) is 5.75 Å². The normalized spacial score (nSPS) is 15.6. The average molecular weight is 207 g/mol. The summed E-state index contributed by atoms with van der Waals surface area (Å²) in [6.07, 6.45) is 10.0. The third-order valence-corrected chi connectivity index (χ3v) is 3.23. The molecule has 1 aliphatic heterocycles. The fourth-order valence-electron chi connectivity index (χ4n) is 1.67. The van der Waals surface area contributed by atoms with E-state index in [2.05, 4.69) is 20.7 Å². The highest BCUT2D eigenvalue weighted by Crippen LogP contribution is 2.20. The molecule has 0 bridgehead atoms. The fourth-order valence-corrected chi connectivity index (χ4v) is 2.33. The van der Waals surface area contributed by atoms with E-state index in [1.807, 2.05) is 0 Å². The molecule has 0 saturated heterocycles. The lowest BCUT2D eigenvalue weighted by Gasteiger charge is -2.04. The molecule has 1 aromatic rings. The van der Waals surface area contributed by atoms with Crippen LogP contribution in [0.15, 0.2) is 5.16 Å². The van der Waals surface area contributed by atoms with Gasteiger partial charge in [-0.15, -0.1) is 16.6 Å². The van der Waals surface area contributed by atoms with Crippen molar-refractivity contribution in [1.82, 2.24) is 14.8 Å². The summed E-state index contributed by atoms with van der Waals surface area (Å²) < 4.78 is 2.22. The molecule has 0 spiro atoms. The van der Waals surface area contributed by atoms with Crippen LogP contribution in [0.1, 0.15) is 25.1 Å². The number of terminal acetylenes is 1. The third-order valence-electron chi connectivity index (χ3n) is 2.36. The summed E-state index contributed by atoms with van der Waals surface area (Å²) >= 11 is 1.60. The molecule has 0 aromatic carbocycles. The number of hydrogen-bond acceptors (Lipinski definition) is 3. The Hall–Kier alpha value is -0.950. The second kappa shape index (κ2) is 4.52. The van der Waals surface area contributed by atoms with Gasteiger partial charge in [-0.3, -0.25) is 0 Å². The van der Waals surface area contributed by atoms with Gasteiger partial charge in [-0.1, -0.05) is 24.1 Å². The third kappa shape index (κ3) is 1.93. The van der Waals surface area contributed by atoms with Crippen LogP contribution in [0.5, 0.6) is 0 Å². The van der Waals surface area contributed by atoms with Crippen molar-refractivity contribution in [3.63, 3.8) is 0 Å². The highest BCUT2D eigenvalue weighted by molar-refractivity contribution is 7.99. The van der Waals surface area contributed by atoms with Gasteiger partial charge in [-0.05, 0) is 12.8 Å². The predicted octanol–water partition coefficient (Wildman–Crippen LogP) is 1.73. The zero-order valence-corrected chi connectivity index (χ0v) is 8.89. The molecule has 0 unspecified atom stereocenters. The second-order valence-corrected chi connectivity index (χ2v) is 4.30. The number of aromatic nitrogens is 3. The molecule has 4 heteroatoms. The minimum Gasteiger partial charge on any atom is -0.306 e. The van der Waals surface area contributed by atoms with Crippen LogP contribution in [0.25, 0.3) is 0 Å². The molecule has 0 amide bonds. The summed E-state index contributed by atoms with van der Waals surface area (Å²) in [4.78, 5) is 0. The van der Waals surface area contributed by atoms with Crippen LogP contribution < -0.4 is 0 Å². The molecule has 1 aromatic heterocycles. The van der Waals surface area contributed by atoms with E-state index in [1.54, 1.807) is 11.8 Å². The van der Waals surface area contributed by atoms with Crippen LogP contribution in [-0.2, 0) is 13.0 Å². The van der Waals surface area contributed by atoms with E-state index in [9.17, 15) is 0 Å². The SMILES string of the molecule is C#CCSc1nnc2n1CCCCC2. The Kier molecular flexibility index (Phi) is 3.10. The number of rotatable bonds is 2. The number of aryl methyl sites for hydroxylation is 1. The zero-order valence-electron chi connectivity index (χ0n) is 8.07. The lowest BCUT2D eigenvalue weighted by atomic mass is 10.2. The highest BCUT2D eigenvalue weighted by atomic mass is 32.2. The van der Waals surface area contributed by atoms with Crippen molar-refractivity contribution in [2.45, 2.75) is 37.4 Å². The maximum absolute atomic E-state index is 5.22. The topological polar surface area (TPSA) is 30.7 Å². The van der Waals surface area contributed by atoms with E-state index in [0.29, 0.717) is 5.75 Å². The van der Waals surface area contributed by atoms with E-state index in [-0.39, 0.29) is 0 Å². The van der Waals surface area contributed by atoms with Crippen LogP contribution in [0, 0.1) is 12.3 Å². The molecule has 0 saturated carbocycles. The van der Waals surface area contributed by atoms with Gasteiger partial charge in [0.15, 0.2) is 5.16 Å². The van der Waals surface area contributed by atoms with Gasteiger partial charge in [0.25, 0.3) is 0 Å². The summed E-state index contributed by atoms with van der Waals surface area (Å²) in [6.45, 7) is 1.05. The minimum atomic E-state index is 0.679. The van der Waals surface area contributed by atoms with Crippen molar-refractivity contribution in [2.24, 2.45) is 0 Å². The summed E-state index contributed by atoms with van der Waals surface area (Å²) in [5.74, 6) is 4.42. The average Bonchev–Trinajstić information content (AvgIpc) is 2.45. The smallest absolute Gasteiger partial charge is 0.192 e. The van der Waals surface area contributed by atoms with Crippen molar-refractivity contribution < 1.29 is 0 Å². The maximum Gasteiger partial charge on any atom is 0.192 e. The van der Waals surface area contributed by atoms with Gasteiger partial charge in [0.2, 0.25) is 0 Å². The molecule has 3 nitrogen and oxygen atoms in total. The van der Waals surface area contributed by atoms with E-state index >= 15 is 0 Å². The minimum absolute atomic E-state index is 0.679. The molecule has 2 rings (SSSR count). The summed E-state index contributed by atoms with van der Waals surface area (Å²) in [6, 6.07) is 0. The van der Waals surface area contributed by atoms with Gasteiger partial charge in [0, 0.05) is 13.0 Å². The van der Waals surface area contributed by atoms with Gasteiger partial charge in [0.1, 0.15) is 5.82 Å². The molecule has 1 aliphatic rings. The van der Waals surface area contributed by atoms with Crippen LogP contribution in [0.4, 0.5) is 0 Å². The molecule has 0 N–H and O–H groups in total. The van der Waals surface area contributed by atoms with E-state index in [0.717, 1.165) is 23.9 Å². The van der Waals surface area contributed by atoms with Gasteiger partial charge < -0.3 is 4.57 Å². The van der Waals surface area contributed by atoms with Gasteiger partial charge >= 0.3 is 0 Å². The first-order chi connectivity index (χ1) is 6.92. The molecule has 2 heterocycles. The van der Waals surface area contributed by atoms with E-state index in [1.165, 1.54) is 19.3 Å². The van der Waals surface area contributed by atoms with Crippen molar-refractivity contribution in [3.8, 4) is 12.3 Å². The number of nitrogens with zero attached hydrogens (tertiary/aromatic N) is 3. The van der Waals surface area contributed by atoms with Crippen LogP contribution >= 0.6 is 11.8 Å².